The van der Waals surface area contributed by atoms with Crippen LogP contribution in [0.4, 0.5) is 0 Å². The zero-order valence-electron chi connectivity index (χ0n) is 16.1. The normalized spacial score (nSPS) is 13.9. The van der Waals surface area contributed by atoms with Crippen LogP contribution in [0, 0.1) is 0 Å². The summed E-state index contributed by atoms with van der Waals surface area (Å²) in [4.78, 5) is 17.7. The number of oxime groups is 1. The van der Waals surface area contributed by atoms with Gasteiger partial charge in [-0.3, -0.25) is 0 Å². The highest BCUT2D eigenvalue weighted by Gasteiger charge is 2.21. The average Bonchev–Trinajstić information content (AvgIpc) is 2.75. The van der Waals surface area contributed by atoms with E-state index in [4.69, 9.17) is 28.5 Å². The molecule has 1 aliphatic heterocycles. The molecule has 2 aromatic carbocycles. The molecule has 0 amide bonds. The summed E-state index contributed by atoms with van der Waals surface area (Å²) in [6.07, 6.45) is 0.516. The standard InChI is InChI=1S/C20H21NO7/c1-23-13-5-6-14-15(7-8-27-16(14)11-13)21-28-20(22)12-9-17(24-2)19(26-4)18(10-12)25-3/h5-6,9-11H,7-8H2,1-4H3/b21-15-. The molecule has 0 aromatic heterocycles. The van der Waals surface area contributed by atoms with Crippen LogP contribution in [0.5, 0.6) is 28.7 Å². The molecule has 3 rings (SSSR count). The zero-order valence-corrected chi connectivity index (χ0v) is 16.1. The Morgan fingerprint density at radius 1 is 0.964 bits per heavy atom. The number of methoxy groups -OCH3 is 4. The molecule has 0 saturated carbocycles. The molecule has 0 unspecified atom stereocenters. The largest absolute Gasteiger partial charge is 0.497 e. The van der Waals surface area contributed by atoms with Gasteiger partial charge in [0, 0.05) is 18.1 Å². The van der Waals surface area contributed by atoms with Gasteiger partial charge in [-0.2, -0.15) is 0 Å². The van der Waals surface area contributed by atoms with E-state index in [1.807, 2.05) is 6.07 Å². The van der Waals surface area contributed by atoms with E-state index in [2.05, 4.69) is 5.16 Å². The quantitative estimate of drug-likeness (QED) is 0.556. The van der Waals surface area contributed by atoms with E-state index < -0.39 is 5.97 Å². The molecule has 2 aromatic rings. The highest BCUT2D eigenvalue weighted by Crippen LogP contribution is 2.38. The van der Waals surface area contributed by atoms with Crippen LogP contribution in [0.25, 0.3) is 0 Å². The molecule has 8 heteroatoms. The van der Waals surface area contributed by atoms with Crippen LogP contribution in [-0.4, -0.2) is 46.7 Å². The molecule has 28 heavy (non-hydrogen) atoms. The summed E-state index contributed by atoms with van der Waals surface area (Å²) in [6.45, 7) is 0.431. The molecule has 8 nitrogen and oxygen atoms in total. The van der Waals surface area contributed by atoms with Crippen LogP contribution in [-0.2, 0) is 4.84 Å². The predicted molar refractivity (Wildman–Crippen MR) is 101 cm³/mol. The first-order chi connectivity index (χ1) is 13.6. The summed E-state index contributed by atoms with van der Waals surface area (Å²) >= 11 is 0. The van der Waals surface area contributed by atoms with Crippen molar-refractivity contribution in [3.8, 4) is 28.7 Å². The van der Waals surface area contributed by atoms with Gasteiger partial charge in [-0.1, -0.05) is 5.16 Å². The van der Waals surface area contributed by atoms with E-state index in [1.165, 1.54) is 33.5 Å². The Balaban J connectivity index is 1.85. The third kappa shape index (κ3) is 3.80. The predicted octanol–water partition coefficient (Wildman–Crippen LogP) is 3.06. The van der Waals surface area contributed by atoms with Crippen molar-refractivity contribution in [1.82, 2.24) is 0 Å². The van der Waals surface area contributed by atoms with Crippen molar-refractivity contribution in [3.05, 3.63) is 41.5 Å². The second-order valence-electron chi connectivity index (χ2n) is 5.79. The topological polar surface area (TPSA) is 84.8 Å². The van der Waals surface area contributed by atoms with Gasteiger partial charge in [-0.25, -0.2) is 4.79 Å². The van der Waals surface area contributed by atoms with Gasteiger partial charge in [0.25, 0.3) is 0 Å². The number of hydrogen-bond donors (Lipinski definition) is 0. The molecule has 0 aliphatic carbocycles. The molecule has 0 N–H and O–H groups in total. The first-order valence-electron chi connectivity index (χ1n) is 8.50. The molecule has 0 radical (unpaired) electrons. The third-order valence-electron chi connectivity index (χ3n) is 4.24. The Hall–Kier alpha value is -3.42. The van der Waals surface area contributed by atoms with Crippen molar-refractivity contribution >= 4 is 11.7 Å². The summed E-state index contributed by atoms with van der Waals surface area (Å²) in [6, 6.07) is 8.40. The fourth-order valence-corrected chi connectivity index (χ4v) is 2.82. The molecule has 0 bridgehead atoms. The Kier molecular flexibility index (Phi) is 5.88. The lowest BCUT2D eigenvalue weighted by molar-refractivity contribution is 0.0513. The molecule has 1 heterocycles. The van der Waals surface area contributed by atoms with Crippen LogP contribution < -0.4 is 23.7 Å². The van der Waals surface area contributed by atoms with E-state index in [0.717, 1.165) is 5.56 Å². The van der Waals surface area contributed by atoms with Gasteiger partial charge in [0.1, 0.15) is 11.5 Å². The number of hydrogen-bond acceptors (Lipinski definition) is 8. The van der Waals surface area contributed by atoms with E-state index in [1.54, 1.807) is 19.2 Å². The van der Waals surface area contributed by atoms with Crippen molar-refractivity contribution in [2.45, 2.75) is 6.42 Å². The summed E-state index contributed by atoms with van der Waals surface area (Å²) in [5, 5.41) is 4.04. The third-order valence-corrected chi connectivity index (χ3v) is 4.24. The van der Waals surface area contributed by atoms with Crippen molar-refractivity contribution in [2.24, 2.45) is 5.16 Å². The summed E-state index contributed by atoms with van der Waals surface area (Å²) in [5.41, 5.74) is 1.59. The first-order valence-corrected chi connectivity index (χ1v) is 8.50. The van der Waals surface area contributed by atoms with Crippen LogP contribution in [0.2, 0.25) is 0 Å². The van der Waals surface area contributed by atoms with Crippen molar-refractivity contribution in [2.75, 3.05) is 35.0 Å². The molecule has 0 atom stereocenters. The van der Waals surface area contributed by atoms with Gasteiger partial charge < -0.3 is 28.5 Å². The Morgan fingerprint density at radius 2 is 1.68 bits per heavy atom. The molecule has 1 aliphatic rings. The fraction of sp³-hybridized carbons (Fsp3) is 0.300. The molecule has 0 spiro atoms. The monoisotopic (exact) mass is 387 g/mol. The highest BCUT2D eigenvalue weighted by atomic mass is 16.7. The number of rotatable bonds is 6. The van der Waals surface area contributed by atoms with Crippen LogP contribution >= 0.6 is 0 Å². The smallest absolute Gasteiger partial charge is 0.366 e. The minimum absolute atomic E-state index is 0.223. The molecular formula is C20H21NO7. The maximum absolute atomic E-state index is 12.5. The number of ether oxygens (including phenoxy) is 5. The lowest BCUT2D eigenvalue weighted by atomic mass is 10.0. The van der Waals surface area contributed by atoms with Crippen LogP contribution in [0.15, 0.2) is 35.5 Å². The summed E-state index contributed by atoms with van der Waals surface area (Å²) in [7, 11) is 6.01. The summed E-state index contributed by atoms with van der Waals surface area (Å²) < 4.78 is 26.6. The maximum Gasteiger partial charge on any atom is 0.366 e. The zero-order chi connectivity index (χ0) is 20.1. The molecule has 148 valence electrons. The first kappa shape index (κ1) is 19.3. The lowest BCUT2D eigenvalue weighted by Crippen LogP contribution is -2.17. The number of fused-ring (bicyclic) bond motifs is 1. The van der Waals surface area contributed by atoms with Crippen molar-refractivity contribution in [1.29, 1.82) is 0 Å². The SMILES string of the molecule is COc1ccc2c(c1)OCC/C2=N/OC(=O)c1cc(OC)c(OC)c(OC)c1. The highest BCUT2D eigenvalue weighted by molar-refractivity contribution is 6.04. The fourth-order valence-electron chi connectivity index (χ4n) is 2.82. The Bertz CT molecular complexity index is 882. The van der Waals surface area contributed by atoms with Crippen LogP contribution in [0.1, 0.15) is 22.3 Å². The van der Waals surface area contributed by atoms with Crippen molar-refractivity contribution < 1.29 is 33.3 Å². The maximum atomic E-state index is 12.5. The Morgan fingerprint density at radius 3 is 2.29 bits per heavy atom. The van der Waals surface area contributed by atoms with Gasteiger partial charge in [-0.15, -0.1) is 0 Å². The van der Waals surface area contributed by atoms with Gasteiger partial charge in [0.2, 0.25) is 5.75 Å². The van der Waals surface area contributed by atoms with E-state index in [9.17, 15) is 4.79 Å². The summed E-state index contributed by atoms with van der Waals surface area (Å²) in [5.74, 6) is 1.76. The molecule has 0 saturated heterocycles. The van der Waals surface area contributed by atoms with E-state index >= 15 is 0 Å². The van der Waals surface area contributed by atoms with Crippen molar-refractivity contribution in [3.63, 3.8) is 0 Å². The molecular weight excluding hydrogens is 366 g/mol. The second-order valence-corrected chi connectivity index (χ2v) is 5.79. The van der Waals surface area contributed by atoms with Gasteiger partial charge in [0.05, 0.1) is 46.3 Å². The van der Waals surface area contributed by atoms with Gasteiger partial charge in [0.15, 0.2) is 11.5 Å². The second kappa shape index (κ2) is 8.51. The number of carbonyl (C=O) groups excluding carboxylic acids is 1. The number of nitrogens with zero attached hydrogens (tertiary/aromatic N) is 1. The van der Waals surface area contributed by atoms with E-state index in [0.29, 0.717) is 47.5 Å². The average molecular weight is 387 g/mol. The minimum atomic E-state index is -0.645. The van der Waals surface area contributed by atoms with Crippen LogP contribution in [0.3, 0.4) is 0 Å². The minimum Gasteiger partial charge on any atom is -0.497 e. The van der Waals surface area contributed by atoms with Gasteiger partial charge >= 0.3 is 5.97 Å². The van der Waals surface area contributed by atoms with Gasteiger partial charge in [-0.05, 0) is 24.3 Å². The number of benzene rings is 2. The number of carbonyl (C=O) groups is 1. The Labute approximate surface area is 162 Å². The van der Waals surface area contributed by atoms with E-state index in [-0.39, 0.29) is 5.56 Å². The molecule has 0 fully saturated rings. The lowest BCUT2D eigenvalue weighted by Gasteiger charge is -2.19.